The highest BCUT2D eigenvalue weighted by molar-refractivity contribution is 8.00. The molecule has 168 valence electrons. The second-order valence-corrected chi connectivity index (χ2v) is 10.1. The molecule has 0 bridgehead atoms. The highest BCUT2D eigenvalue weighted by Crippen LogP contribution is 2.31. The van der Waals surface area contributed by atoms with Crippen LogP contribution in [0.4, 0.5) is 5.95 Å². The number of carbonyl (C=O) groups excluding carboxylic acids is 1. The molecule has 1 N–H and O–H groups in total. The number of fused-ring (bicyclic) bond motifs is 1. The molecule has 0 saturated carbocycles. The zero-order valence-corrected chi connectivity index (χ0v) is 19.5. The number of morpholine rings is 1. The van der Waals surface area contributed by atoms with Crippen molar-refractivity contribution in [3.05, 3.63) is 35.4 Å². The van der Waals surface area contributed by atoms with E-state index in [1.54, 1.807) is 0 Å². The summed E-state index contributed by atoms with van der Waals surface area (Å²) in [6, 6.07) is 8.55. The van der Waals surface area contributed by atoms with E-state index in [2.05, 4.69) is 63.1 Å². The van der Waals surface area contributed by atoms with E-state index in [0.717, 1.165) is 50.0 Å². The monoisotopic (exact) mass is 443 g/mol. The zero-order valence-electron chi connectivity index (χ0n) is 18.7. The fourth-order valence-corrected chi connectivity index (χ4v) is 5.16. The molecule has 4 rings (SSSR count). The van der Waals surface area contributed by atoms with Crippen molar-refractivity contribution in [1.82, 2.24) is 20.1 Å². The molecule has 1 aliphatic carbocycles. The van der Waals surface area contributed by atoms with E-state index in [-0.39, 0.29) is 17.2 Å². The molecule has 7 nitrogen and oxygen atoms in total. The topological polar surface area (TPSA) is 72.3 Å². The van der Waals surface area contributed by atoms with Crippen molar-refractivity contribution >= 4 is 23.6 Å². The molecule has 31 heavy (non-hydrogen) atoms. The van der Waals surface area contributed by atoms with Crippen LogP contribution < -0.4 is 10.2 Å². The van der Waals surface area contributed by atoms with Crippen molar-refractivity contribution in [3.63, 3.8) is 0 Å². The summed E-state index contributed by atoms with van der Waals surface area (Å²) in [6.45, 7) is 10.2. The molecule has 8 heteroatoms. The number of aromatic nitrogens is 3. The Bertz CT molecular complexity index is 894. The van der Waals surface area contributed by atoms with Gasteiger partial charge in [0.05, 0.1) is 24.5 Å². The predicted molar refractivity (Wildman–Crippen MR) is 123 cm³/mol. The zero-order chi connectivity index (χ0) is 21.8. The first-order chi connectivity index (χ1) is 15.0. The summed E-state index contributed by atoms with van der Waals surface area (Å²) in [5.74, 6) is 1.39. The van der Waals surface area contributed by atoms with E-state index in [0.29, 0.717) is 19.1 Å². The van der Waals surface area contributed by atoms with Crippen molar-refractivity contribution in [2.75, 3.05) is 31.2 Å². The molecule has 2 atom stereocenters. The molecule has 2 aromatic rings. The van der Waals surface area contributed by atoms with Crippen LogP contribution in [0.2, 0.25) is 0 Å². The summed E-state index contributed by atoms with van der Waals surface area (Å²) in [7, 11) is 0. The van der Waals surface area contributed by atoms with Gasteiger partial charge in [-0.05, 0) is 43.2 Å². The average Bonchev–Trinajstić information content (AvgIpc) is 3.16. The molecule has 1 aromatic carbocycles. The number of anilines is 1. The van der Waals surface area contributed by atoms with Gasteiger partial charge in [-0.2, -0.15) is 0 Å². The van der Waals surface area contributed by atoms with Gasteiger partial charge < -0.3 is 15.0 Å². The molecule has 1 aliphatic heterocycles. The third-order valence-corrected chi connectivity index (χ3v) is 6.96. The van der Waals surface area contributed by atoms with Gasteiger partial charge in [-0.15, -0.1) is 10.2 Å². The van der Waals surface area contributed by atoms with Gasteiger partial charge in [0, 0.05) is 19.6 Å². The Kier molecular flexibility index (Phi) is 7.17. The molecular formula is C23H33N5O2S. The first kappa shape index (κ1) is 22.1. The quantitative estimate of drug-likeness (QED) is 0.661. The Morgan fingerprint density at radius 2 is 2.00 bits per heavy atom. The van der Waals surface area contributed by atoms with E-state index in [4.69, 9.17) is 4.74 Å². The van der Waals surface area contributed by atoms with Crippen LogP contribution in [-0.4, -0.2) is 52.2 Å². The molecule has 0 unspecified atom stereocenters. The lowest BCUT2D eigenvalue weighted by atomic mass is 9.88. The normalized spacial score (nSPS) is 19.9. The van der Waals surface area contributed by atoms with Gasteiger partial charge in [-0.3, -0.25) is 9.36 Å². The fraction of sp³-hybridized carbons (Fsp3) is 0.609. The first-order valence-electron chi connectivity index (χ1n) is 11.3. The molecule has 2 heterocycles. The molecule has 1 amide bonds. The van der Waals surface area contributed by atoms with E-state index < -0.39 is 0 Å². The third kappa shape index (κ3) is 5.23. The van der Waals surface area contributed by atoms with E-state index in [1.807, 2.05) is 6.92 Å². The van der Waals surface area contributed by atoms with Crippen LogP contribution in [0.1, 0.15) is 50.8 Å². The van der Waals surface area contributed by atoms with Gasteiger partial charge in [0.2, 0.25) is 11.9 Å². The van der Waals surface area contributed by atoms with E-state index in [1.165, 1.54) is 22.9 Å². The smallest absolute Gasteiger partial charge is 0.233 e. The van der Waals surface area contributed by atoms with Gasteiger partial charge in [0.1, 0.15) is 0 Å². The Labute approximate surface area is 188 Å². The van der Waals surface area contributed by atoms with Crippen LogP contribution in [0, 0.1) is 5.92 Å². The Morgan fingerprint density at radius 3 is 2.77 bits per heavy atom. The van der Waals surface area contributed by atoms with Gasteiger partial charge >= 0.3 is 0 Å². The van der Waals surface area contributed by atoms with Crippen LogP contribution >= 0.6 is 11.8 Å². The summed E-state index contributed by atoms with van der Waals surface area (Å²) in [4.78, 5) is 15.3. The number of ether oxygens (including phenoxy) is 1. The number of rotatable bonds is 7. The van der Waals surface area contributed by atoms with Crippen LogP contribution in [0.25, 0.3) is 0 Å². The summed E-state index contributed by atoms with van der Waals surface area (Å²) < 4.78 is 7.65. The van der Waals surface area contributed by atoms with Crippen LogP contribution in [-0.2, 0) is 22.5 Å². The number of aryl methyl sites for hydroxylation is 1. The minimum atomic E-state index is -0.248. The highest BCUT2D eigenvalue weighted by atomic mass is 32.2. The second-order valence-electron chi connectivity index (χ2n) is 8.80. The molecule has 1 fully saturated rings. The summed E-state index contributed by atoms with van der Waals surface area (Å²) in [5, 5.41) is 12.8. The number of nitrogens with zero attached hydrogens (tertiary/aromatic N) is 4. The molecular weight excluding hydrogens is 410 g/mol. The summed E-state index contributed by atoms with van der Waals surface area (Å²) in [6.07, 6.45) is 3.19. The van der Waals surface area contributed by atoms with Gasteiger partial charge in [0.25, 0.3) is 0 Å². The maximum atomic E-state index is 13.1. The molecule has 0 radical (unpaired) electrons. The minimum absolute atomic E-state index is 0.0544. The van der Waals surface area contributed by atoms with Crippen molar-refractivity contribution in [3.8, 4) is 0 Å². The van der Waals surface area contributed by atoms with E-state index >= 15 is 0 Å². The van der Waals surface area contributed by atoms with Crippen LogP contribution in [0.5, 0.6) is 0 Å². The summed E-state index contributed by atoms with van der Waals surface area (Å²) in [5.41, 5.74) is 2.61. The lowest BCUT2D eigenvalue weighted by molar-refractivity contribution is -0.121. The highest BCUT2D eigenvalue weighted by Gasteiger charge is 2.27. The minimum Gasteiger partial charge on any atom is -0.378 e. The summed E-state index contributed by atoms with van der Waals surface area (Å²) >= 11 is 1.49. The van der Waals surface area contributed by atoms with Crippen LogP contribution in [0.15, 0.2) is 29.4 Å². The molecule has 2 aliphatic rings. The number of nitrogens with one attached hydrogen (secondary N) is 1. The predicted octanol–water partition coefficient (Wildman–Crippen LogP) is 3.45. The number of benzene rings is 1. The van der Waals surface area contributed by atoms with Gasteiger partial charge in [-0.25, -0.2) is 0 Å². The molecule has 0 spiro atoms. The van der Waals surface area contributed by atoms with Gasteiger partial charge in [-0.1, -0.05) is 49.9 Å². The Morgan fingerprint density at radius 1 is 1.23 bits per heavy atom. The van der Waals surface area contributed by atoms with Crippen LogP contribution in [0.3, 0.4) is 0 Å². The maximum absolute atomic E-state index is 13.1. The van der Waals surface area contributed by atoms with Gasteiger partial charge in [0.15, 0.2) is 5.16 Å². The van der Waals surface area contributed by atoms with Crippen molar-refractivity contribution in [2.45, 2.75) is 63.0 Å². The number of hydrogen-bond donors (Lipinski definition) is 1. The third-order valence-electron chi connectivity index (χ3n) is 5.88. The number of amides is 1. The second kappa shape index (κ2) is 10.0. The lowest BCUT2D eigenvalue weighted by Crippen LogP contribution is -2.38. The Hall–Kier alpha value is -2.06. The van der Waals surface area contributed by atoms with Crippen molar-refractivity contribution in [1.29, 1.82) is 0 Å². The number of carbonyl (C=O) groups is 1. The number of thioether (sulfide) groups is 1. The Balaban J connectivity index is 1.46. The lowest BCUT2D eigenvalue weighted by Gasteiger charge is -2.28. The standard InChI is InChI=1S/C23H33N5O2S/c1-16(2)15-28-22(27-11-13-30-14-12-27)25-26-23(28)31-17(3)21(29)24-20-10-6-8-18-7-4-5-9-19(18)20/h4-5,7,9,16-17,20H,6,8,10-15H2,1-3H3,(H,24,29)/t17-,20-/m1/s1. The maximum Gasteiger partial charge on any atom is 0.233 e. The van der Waals surface area contributed by atoms with Crippen molar-refractivity contribution in [2.24, 2.45) is 5.92 Å². The molecule has 1 saturated heterocycles. The largest absolute Gasteiger partial charge is 0.378 e. The first-order valence-corrected chi connectivity index (χ1v) is 12.2. The average molecular weight is 444 g/mol. The molecule has 1 aromatic heterocycles. The van der Waals surface area contributed by atoms with Crippen molar-refractivity contribution < 1.29 is 9.53 Å². The van der Waals surface area contributed by atoms with E-state index in [9.17, 15) is 4.79 Å². The SMILES string of the molecule is CC(C)Cn1c(S[C@H](C)C(=O)N[C@@H]2CCCc3ccccc32)nnc1N1CCOCC1. The fourth-order valence-electron chi connectivity index (χ4n) is 4.29. The number of hydrogen-bond acceptors (Lipinski definition) is 6.